The second kappa shape index (κ2) is 6.25. The van der Waals surface area contributed by atoms with Crippen LogP contribution >= 0.6 is 0 Å². The summed E-state index contributed by atoms with van der Waals surface area (Å²) in [5, 5.41) is 11.1. The van der Waals surface area contributed by atoms with Crippen LogP contribution in [0.2, 0.25) is 0 Å². The summed E-state index contributed by atoms with van der Waals surface area (Å²) in [4.78, 5) is 24.7. The van der Waals surface area contributed by atoms with E-state index >= 15 is 0 Å². The molecule has 3 aliphatic rings. The van der Waals surface area contributed by atoms with E-state index in [2.05, 4.69) is 0 Å². The van der Waals surface area contributed by atoms with Crippen molar-refractivity contribution in [3.05, 3.63) is 29.8 Å². The van der Waals surface area contributed by atoms with E-state index in [0.29, 0.717) is 32.1 Å². The van der Waals surface area contributed by atoms with Crippen molar-refractivity contribution >= 4 is 24.1 Å². The molecule has 1 aromatic carbocycles. The Kier molecular flexibility index (Phi) is 4.42. The molecule has 1 aliphatic heterocycles. The van der Waals surface area contributed by atoms with E-state index in [1.807, 2.05) is 52.0 Å². The highest BCUT2D eigenvalue weighted by Gasteiger charge is 2.61. The van der Waals surface area contributed by atoms with E-state index in [-0.39, 0.29) is 18.0 Å². The van der Waals surface area contributed by atoms with E-state index in [1.165, 1.54) is 0 Å². The molecule has 0 bridgehead atoms. The minimum absolute atomic E-state index is 0.0592. The second-order valence-electron chi connectivity index (χ2n) is 9.76. The molecule has 2 atom stereocenters. The fraction of sp³-hybridized carbons (Fsp3) is 0.636. The third kappa shape index (κ3) is 2.88. The molecule has 5 nitrogen and oxygen atoms in total. The van der Waals surface area contributed by atoms with Gasteiger partial charge in [0, 0.05) is 19.3 Å². The normalized spacial score (nSPS) is 34.0. The molecule has 3 fully saturated rings. The lowest BCUT2D eigenvalue weighted by atomic mass is 9.61. The van der Waals surface area contributed by atoms with Crippen LogP contribution in [-0.4, -0.2) is 40.6 Å². The quantitative estimate of drug-likeness (QED) is 0.811. The number of hydrogen-bond donors (Lipinski definition) is 1. The molecule has 4 rings (SSSR count). The molecule has 0 radical (unpaired) electrons. The summed E-state index contributed by atoms with van der Waals surface area (Å²) in [6.07, 6.45) is 2.14. The Bertz CT molecular complexity index is 799. The predicted octanol–water partition coefficient (Wildman–Crippen LogP) is 2.36. The maximum Gasteiger partial charge on any atom is 0.494 e. The van der Waals surface area contributed by atoms with Gasteiger partial charge >= 0.3 is 7.12 Å². The van der Waals surface area contributed by atoms with E-state index in [4.69, 9.17) is 9.31 Å². The molecule has 2 saturated carbocycles. The standard InChI is InChI=1S/C22H29BO5/c1-19(2)20(3,4)28-23(27-19)16-7-5-15(6-8-16)13-21-11-9-17(24)14-22(21,26)12-10-18(21)25/h5-8,26H,9-14H2,1-4H3/t21-,22-/m0/s1. The molecule has 0 unspecified atom stereocenters. The van der Waals surface area contributed by atoms with Gasteiger partial charge in [0.1, 0.15) is 11.6 Å². The van der Waals surface area contributed by atoms with Gasteiger partial charge in [-0.05, 0) is 58.0 Å². The number of carbonyl (C=O) groups excluding carboxylic acids is 2. The molecule has 0 amide bonds. The first-order valence-corrected chi connectivity index (χ1v) is 10.2. The van der Waals surface area contributed by atoms with Crippen molar-refractivity contribution < 1.29 is 24.0 Å². The van der Waals surface area contributed by atoms with Crippen LogP contribution in [0.4, 0.5) is 0 Å². The first-order valence-electron chi connectivity index (χ1n) is 10.2. The number of carbonyl (C=O) groups is 2. The van der Waals surface area contributed by atoms with Crippen molar-refractivity contribution in [2.45, 2.75) is 83.0 Å². The second-order valence-corrected chi connectivity index (χ2v) is 9.76. The van der Waals surface area contributed by atoms with Crippen LogP contribution in [0.15, 0.2) is 24.3 Å². The molecule has 0 aromatic heterocycles. The number of hydrogen-bond acceptors (Lipinski definition) is 5. The molecule has 1 heterocycles. The van der Waals surface area contributed by atoms with Gasteiger partial charge in [-0.15, -0.1) is 0 Å². The summed E-state index contributed by atoms with van der Waals surface area (Å²) in [6, 6.07) is 7.91. The number of ketones is 2. The van der Waals surface area contributed by atoms with Crippen molar-refractivity contribution in [2.24, 2.45) is 5.41 Å². The van der Waals surface area contributed by atoms with Crippen LogP contribution in [-0.2, 0) is 25.3 Å². The zero-order chi connectivity index (χ0) is 20.4. The third-order valence-electron chi connectivity index (χ3n) is 7.52. The van der Waals surface area contributed by atoms with Crippen LogP contribution in [0.1, 0.15) is 65.4 Å². The minimum atomic E-state index is -1.19. The minimum Gasteiger partial charge on any atom is -0.399 e. The van der Waals surface area contributed by atoms with Gasteiger partial charge in [-0.3, -0.25) is 9.59 Å². The van der Waals surface area contributed by atoms with Gasteiger partial charge in [-0.2, -0.15) is 0 Å². The first-order chi connectivity index (χ1) is 13.0. The van der Waals surface area contributed by atoms with Gasteiger partial charge in [-0.25, -0.2) is 0 Å². The number of fused-ring (bicyclic) bond motifs is 1. The van der Waals surface area contributed by atoms with Gasteiger partial charge < -0.3 is 14.4 Å². The number of aliphatic hydroxyl groups is 1. The molecule has 1 saturated heterocycles. The maximum atomic E-state index is 12.8. The summed E-state index contributed by atoms with van der Waals surface area (Å²) < 4.78 is 12.2. The molecular formula is C22H29BO5. The summed E-state index contributed by atoms with van der Waals surface area (Å²) in [7, 11) is -0.422. The zero-order valence-electron chi connectivity index (χ0n) is 17.2. The Morgan fingerprint density at radius 3 is 2.18 bits per heavy atom. The first kappa shape index (κ1) is 19.8. The average Bonchev–Trinajstić information content (AvgIpc) is 2.98. The SMILES string of the molecule is CC1(C)OB(c2ccc(C[C@]34CCC(=O)C[C@@]3(O)CCC4=O)cc2)OC1(C)C. The lowest BCUT2D eigenvalue weighted by Gasteiger charge is -2.44. The highest BCUT2D eigenvalue weighted by molar-refractivity contribution is 6.62. The Balaban J connectivity index is 1.55. The molecule has 150 valence electrons. The van der Waals surface area contributed by atoms with Crippen LogP contribution in [0.25, 0.3) is 0 Å². The molecule has 6 heteroatoms. The van der Waals surface area contributed by atoms with E-state index < -0.39 is 29.3 Å². The van der Waals surface area contributed by atoms with Gasteiger partial charge in [0.2, 0.25) is 0 Å². The van der Waals surface area contributed by atoms with Gasteiger partial charge in [0.15, 0.2) is 0 Å². The molecule has 1 N–H and O–H groups in total. The molecule has 0 spiro atoms. The Morgan fingerprint density at radius 1 is 0.964 bits per heavy atom. The highest BCUT2D eigenvalue weighted by Crippen LogP contribution is 2.53. The predicted molar refractivity (Wildman–Crippen MR) is 106 cm³/mol. The van der Waals surface area contributed by atoms with Gasteiger partial charge in [0.05, 0.1) is 22.2 Å². The lowest BCUT2D eigenvalue weighted by molar-refractivity contribution is -0.151. The molecule has 28 heavy (non-hydrogen) atoms. The van der Waals surface area contributed by atoms with Crippen molar-refractivity contribution in [1.82, 2.24) is 0 Å². The fourth-order valence-electron chi connectivity index (χ4n) is 4.93. The highest BCUT2D eigenvalue weighted by atomic mass is 16.7. The molecule has 2 aliphatic carbocycles. The number of benzene rings is 1. The van der Waals surface area contributed by atoms with E-state index in [0.717, 1.165) is 11.0 Å². The van der Waals surface area contributed by atoms with E-state index in [1.54, 1.807) is 0 Å². The van der Waals surface area contributed by atoms with Crippen LogP contribution in [0.5, 0.6) is 0 Å². The number of Topliss-reactive ketones (excluding diaryl/α,β-unsaturated/α-hetero) is 2. The van der Waals surface area contributed by atoms with Crippen LogP contribution < -0.4 is 5.46 Å². The number of rotatable bonds is 3. The molecular weight excluding hydrogens is 355 g/mol. The van der Waals surface area contributed by atoms with Crippen LogP contribution in [0.3, 0.4) is 0 Å². The lowest BCUT2D eigenvalue weighted by Crippen LogP contribution is -2.53. The Hall–Kier alpha value is -1.50. The average molecular weight is 384 g/mol. The Morgan fingerprint density at radius 2 is 1.57 bits per heavy atom. The largest absolute Gasteiger partial charge is 0.494 e. The van der Waals surface area contributed by atoms with Crippen LogP contribution in [0, 0.1) is 5.41 Å². The topological polar surface area (TPSA) is 72.8 Å². The van der Waals surface area contributed by atoms with Crippen molar-refractivity contribution in [1.29, 1.82) is 0 Å². The fourth-order valence-corrected chi connectivity index (χ4v) is 4.93. The van der Waals surface area contributed by atoms with E-state index in [9.17, 15) is 14.7 Å². The van der Waals surface area contributed by atoms with Crippen molar-refractivity contribution in [3.63, 3.8) is 0 Å². The zero-order valence-corrected chi connectivity index (χ0v) is 17.2. The monoisotopic (exact) mass is 384 g/mol. The third-order valence-corrected chi connectivity index (χ3v) is 7.52. The molecule has 1 aromatic rings. The van der Waals surface area contributed by atoms with Gasteiger partial charge in [0.25, 0.3) is 0 Å². The summed E-state index contributed by atoms with van der Waals surface area (Å²) in [6.45, 7) is 8.10. The summed E-state index contributed by atoms with van der Waals surface area (Å²) in [5.41, 5.74) is -0.876. The van der Waals surface area contributed by atoms with Crippen molar-refractivity contribution in [2.75, 3.05) is 0 Å². The summed E-state index contributed by atoms with van der Waals surface area (Å²) >= 11 is 0. The summed E-state index contributed by atoms with van der Waals surface area (Å²) in [5.74, 6) is 0.154. The maximum absolute atomic E-state index is 12.8. The van der Waals surface area contributed by atoms with Gasteiger partial charge in [-0.1, -0.05) is 24.3 Å². The smallest absolute Gasteiger partial charge is 0.399 e. The Labute approximate surface area is 166 Å². The van der Waals surface area contributed by atoms with Crippen molar-refractivity contribution in [3.8, 4) is 0 Å².